The van der Waals surface area contributed by atoms with E-state index in [2.05, 4.69) is 10.4 Å². The zero-order valence-corrected chi connectivity index (χ0v) is 15.6. The molecule has 0 radical (unpaired) electrons. The molecule has 1 unspecified atom stereocenters. The number of carbonyl (C=O) groups is 2. The number of carboxylic acids is 1. The minimum Gasteiger partial charge on any atom is -0.494 e. The third-order valence-corrected chi connectivity index (χ3v) is 4.32. The van der Waals surface area contributed by atoms with Gasteiger partial charge < -0.3 is 15.2 Å². The number of anilines is 1. The lowest BCUT2D eigenvalue weighted by atomic mass is 9.98. The quantitative estimate of drug-likeness (QED) is 0.707. The number of nitrogens with one attached hydrogen (secondary N) is 1. The Labute approximate surface area is 153 Å². The second-order valence-corrected chi connectivity index (χ2v) is 6.29. The Morgan fingerprint density at radius 1 is 1.27 bits per heavy atom. The van der Waals surface area contributed by atoms with Crippen LogP contribution in [-0.2, 0) is 16.6 Å². The fraction of sp³-hybridized carbons (Fsp3) is 0.421. The van der Waals surface area contributed by atoms with Crippen molar-refractivity contribution in [2.24, 2.45) is 7.05 Å². The highest BCUT2D eigenvalue weighted by molar-refractivity contribution is 5.95. The second kappa shape index (κ2) is 8.51. The van der Waals surface area contributed by atoms with Gasteiger partial charge in [-0.25, -0.2) is 0 Å². The largest absolute Gasteiger partial charge is 0.494 e. The summed E-state index contributed by atoms with van der Waals surface area (Å²) >= 11 is 0. The molecular formula is C19H25N3O4. The van der Waals surface area contributed by atoms with E-state index >= 15 is 0 Å². The van der Waals surface area contributed by atoms with Crippen LogP contribution in [0.25, 0.3) is 0 Å². The van der Waals surface area contributed by atoms with Gasteiger partial charge in [0.1, 0.15) is 5.75 Å². The Morgan fingerprint density at radius 3 is 2.46 bits per heavy atom. The number of benzene rings is 1. The molecule has 0 aliphatic rings. The van der Waals surface area contributed by atoms with E-state index in [4.69, 9.17) is 9.84 Å². The van der Waals surface area contributed by atoms with Crippen molar-refractivity contribution >= 4 is 17.6 Å². The van der Waals surface area contributed by atoms with Gasteiger partial charge in [0, 0.05) is 30.4 Å². The fourth-order valence-electron chi connectivity index (χ4n) is 2.85. The van der Waals surface area contributed by atoms with Crippen molar-refractivity contribution in [2.75, 3.05) is 11.9 Å². The maximum Gasteiger partial charge on any atom is 0.303 e. The Morgan fingerprint density at radius 2 is 1.92 bits per heavy atom. The fourth-order valence-corrected chi connectivity index (χ4v) is 2.85. The van der Waals surface area contributed by atoms with Crippen LogP contribution >= 0.6 is 0 Å². The minimum absolute atomic E-state index is 0.0825. The van der Waals surface area contributed by atoms with Gasteiger partial charge in [-0.05, 0) is 51.5 Å². The average molecular weight is 359 g/mol. The summed E-state index contributed by atoms with van der Waals surface area (Å²) in [6.45, 7) is 6.07. The van der Waals surface area contributed by atoms with Gasteiger partial charge >= 0.3 is 5.97 Å². The van der Waals surface area contributed by atoms with E-state index in [0.717, 1.165) is 17.0 Å². The molecule has 1 atom stereocenters. The first kappa shape index (κ1) is 19.5. The summed E-state index contributed by atoms with van der Waals surface area (Å²) in [5.41, 5.74) is 3.47. The number of carbonyl (C=O) groups excluding carboxylic acids is 1. The third kappa shape index (κ3) is 4.84. The predicted molar refractivity (Wildman–Crippen MR) is 98.5 cm³/mol. The maximum absolute atomic E-state index is 12.6. The number of nitrogens with zero attached hydrogens (tertiary/aromatic N) is 2. The first-order valence-electron chi connectivity index (χ1n) is 8.55. The SMILES string of the molecule is Cc1nn(C)c(C)c1C(C)C(=O)Nc1ccc(OCCCC(=O)O)cc1. The number of amides is 1. The summed E-state index contributed by atoms with van der Waals surface area (Å²) in [6.07, 6.45) is 0.536. The molecule has 26 heavy (non-hydrogen) atoms. The van der Waals surface area contributed by atoms with E-state index in [-0.39, 0.29) is 18.2 Å². The standard InChI is InChI=1S/C19H25N3O4/c1-12(18-13(2)21-22(4)14(18)3)19(25)20-15-7-9-16(10-8-15)26-11-5-6-17(23)24/h7-10,12H,5-6,11H2,1-4H3,(H,20,25)(H,23,24). The zero-order valence-electron chi connectivity index (χ0n) is 15.6. The third-order valence-electron chi connectivity index (χ3n) is 4.32. The highest BCUT2D eigenvalue weighted by Gasteiger charge is 2.22. The van der Waals surface area contributed by atoms with Crippen molar-refractivity contribution in [2.45, 2.75) is 39.5 Å². The van der Waals surface area contributed by atoms with Gasteiger partial charge in [0.05, 0.1) is 18.2 Å². The number of ether oxygens (including phenoxy) is 1. The number of hydrogen-bond acceptors (Lipinski definition) is 4. The summed E-state index contributed by atoms with van der Waals surface area (Å²) in [4.78, 5) is 23.0. The molecular weight excluding hydrogens is 334 g/mol. The second-order valence-electron chi connectivity index (χ2n) is 6.29. The van der Waals surface area contributed by atoms with E-state index in [1.807, 2.05) is 27.8 Å². The zero-order chi connectivity index (χ0) is 19.3. The molecule has 0 bridgehead atoms. The van der Waals surface area contributed by atoms with Gasteiger partial charge in [-0.15, -0.1) is 0 Å². The van der Waals surface area contributed by atoms with Crippen molar-refractivity contribution in [1.82, 2.24) is 9.78 Å². The number of rotatable bonds is 8. The molecule has 1 aromatic carbocycles. The number of carboxylic acid groups (broad SMARTS) is 1. The highest BCUT2D eigenvalue weighted by atomic mass is 16.5. The molecule has 1 heterocycles. The molecule has 1 amide bonds. The number of aliphatic carboxylic acids is 1. The van der Waals surface area contributed by atoms with E-state index in [9.17, 15) is 9.59 Å². The molecule has 7 nitrogen and oxygen atoms in total. The molecule has 140 valence electrons. The molecule has 0 spiro atoms. The molecule has 0 saturated carbocycles. The van der Waals surface area contributed by atoms with Crippen LogP contribution in [0.1, 0.15) is 42.6 Å². The van der Waals surface area contributed by atoms with Gasteiger partial charge in [-0.1, -0.05) is 0 Å². The summed E-state index contributed by atoms with van der Waals surface area (Å²) in [5, 5.41) is 15.9. The molecule has 0 aliphatic heterocycles. The van der Waals surface area contributed by atoms with Crippen molar-refractivity contribution in [1.29, 1.82) is 0 Å². The van der Waals surface area contributed by atoms with Crippen LogP contribution in [0.3, 0.4) is 0 Å². The van der Waals surface area contributed by atoms with E-state index in [0.29, 0.717) is 24.5 Å². The highest BCUT2D eigenvalue weighted by Crippen LogP contribution is 2.25. The Kier molecular flexibility index (Phi) is 6.38. The lowest BCUT2D eigenvalue weighted by molar-refractivity contribution is -0.137. The van der Waals surface area contributed by atoms with Crippen LogP contribution in [-0.4, -0.2) is 33.4 Å². The summed E-state index contributed by atoms with van der Waals surface area (Å²) in [6, 6.07) is 7.03. The van der Waals surface area contributed by atoms with Gasteiger partial charge in [0.15, 0.2) is 0 Å². The lowest BCUT2D eigenvalue weighted by Gasteiger charge is -2.13. The van der Waals surface area contributed by atoms with Gasteiger partial charge in [0.2, 0.25) is 5.91 Å². The molecule has 2 N–H and O–H groups in total. The van der Waals surface area contributed by atoms with Crippen molar-refractivity contribution in [3.8, 4) is 5.75 Å². The number of aryl methyl sites for hydroxylation is 2. The van der Waals surface area contributed by atoms with Crippen LogP contribution in [0.2, 0.25) is 0 Å². The number of aromatic nitrogens is 2. The first-order chi connectivity index (χ1) is 12.3. The van der Waals surface area contributed by atoms with E-state index in [1.165, 1.54) is 0 Å². The van der Waals surface area contributed by atoms with Crippen LogP contribution in [0.4, 0.5) is 5.69 Å². The van der Waals surface area contributed by atoms with Crippen LogP contribution in [0, 0.1) is 13.8 Å². The van der Waals surface area contributed by atoms with Gasteiger partial charge in [0.25, 0.3) is 0 Å². The normalized spacial score (nSPS) is 11.8. The number of hydrogen-bond donors (Lipinski definition) is 2. The minimum atomic E-state index is -0.833. The Balaban J connectivity index is 1.93. The maximum atomic E-state index is 12.6. The molecule has 2 rings (SSSR count). The van der Waals surface area contributed by atoms with Crippen molar-refractivity contribution < 1.29 is 19.4 Å². The topological polar surface area (TPSA) is 93.5 Å². The smallest absolute Gasteiger partial charge is 0.303 e. The van der Waals surface area contributed by atoms with Gasteiger partial charge in [-0.3, -0.25) is 14.3 Å². The summed E-state index contributed by atoms with van der Waals surface area (Å²) in [5.74, 6) is -0.602. The molecule has 7 heteroatoms. The average Bonchev–Trinajstić information content (AvgIpc) is 2.84. The Bertz CT molecular complexity index is 781. The van der Waals surface area contributed by atoms with Crippen LogP contribution in [0.15, 0.2) is 24.3 Å². The summed E-state index contributed by atoms with van der Waals surface area (Å²) < 4.78 is 7.26. The molecule has 1 aromatic heterocycles. The molecule has 0 fully saturated rings. The van der Waals surface area contributed by atoms with Crippen LogP contribution < -0.4 is 10.1 Å². The monoisotopic (exact) mass is 359 g/mol. The molecule has 2 aromatic rings. The van der Waals surface area contributed by atoms with Crippen LogP contribution in [0.5, 0.6) is 5.75 Å². The van der Waals surface area contributed by atoms with Crippen molar-refractivity contribution in [3.63, 3.8) is 0 Å². The van der Waals surface area contributed by atoms with E-state index in [1.54, 1.807) is 28.9 Å². The lowest BCUT2D eigenvalue weighted by Crippen LogP contribution is -2.19. The van der Waals surface area contributed by atoms with Gasteiger partial charge in [-0.2, -0.15) is 5.10 Å². The van der Waals surface area contributed by atoms with E-state index < -0.39 is 5.97 Å². The van der Waals surface area contributed by atoms with Crippen molar-refractivity contribution in [3.05, 3.63) is 41.2 Å². The molecule has 0 aliphatic carbocycles. The summed E-state index contributed by atoms with van der Waals surface area (Å²) in [7, 11) is 1.87. The Hall–Kier alpha value is -2.83. The molecule has 0 saturated heterocycles. The first-order valence-corrected chi connectivity index (χ1v) is 8.55. The predicted octanol–water partition coefficient (Wildman–Crippen LogP) is 3.02.